The average Bonchev–Trinajstić information content (AvgIpc) is 2.78. The van der Waals surface area contributed by atoms with Crippen molar-refractivity contribution >= 4 is 6.08 Å². The Morgan fingerprint density at radius 3 is 2.57 bits per heavy atom. The maximum atomic E-state index is 13.4. The normalized spacial score (nSPS) is 17.1. The summed E-state index contributed by atoms with van der Waals surface area (Å²) in [4.78, 5) is 0. The summed E-state index contributed by atoms with van der Waals surface area (Å²) < 4.78 is 30.1. The van der Waals surface area contributed by atoms with Gasteiger partial charge in [0.1, 0.15) is 18.5 Å². The Kier molecular flexibility index (Phi) is 7.85. The van der Waals surface area contributed by atoms with Crippen molar-refractivity contribution in [3.8, 4) is 11.5 Å². The summed E-state index contributed by atoms with van der Waals surface area (Å²) in [6, 6.07) is 12.2. The van der Waals surface area contributed by atoms with Gasteiger partial charge in [0, 0.05) is 25.3 Å². The van der Waals surface area contributed by atoms with Gasteiger partial charge in [-0.3, -0.25) is 0 Å². The van der Waals surface area contributed by atoms with Crippen molar-refractivity contribution in [3.05, 3.63) is 65.5 Å². The number of methoxy groups -OCH3 is 1. The van der Waals surface area contributed by atoms with Crippen LogP contribution >= 0.6 is 0 Å². The SMILES string of the molecule is C/C=C/c1ccc(OCC(O)CNC2(c3ccc(F)cc3)CCOCC2)c(OC)c1. The first-order chi connectivity index (χ1) is 14.6. The fourth-order valence-corrected chi connectivity index (χ4v) is 3.71. The Balaban J connectivity index is 1.61. The molecule has 1 heterocycles. The van der Waals surface area contributed by atoms with E-state index in [1.165, 1.54) is 12.1 Å². The highest BCUT2D eigenvalue weighted by Crippen LogP contribution is 2.32. The quantitative estimate of drug-likeness (QED) is 0.651. The second-order valence-corrected chi connectivity index (χ2v) is 7.46. The number of hydrogen-bond acceptors (Lipinski definition) is 5. The van der Waals surface area contributed by atoms with E-state index in [-0.39, 0.29) is 18.0 Å². The third-order valence-corrected chi connectivity index (χ3v) is 5.40. The first-order valence-electron chi connectivity index (χ1n) is 10.3. The van der Waals surface area contributed by atoms with Crippen LogP contribution in [0, 0.1) is 5.82 Å². The average molecular weight is 416 g/mol. The van der Waals surface area contributed by atoms with Crippen molar-refractivity contribution in [3.63, 3.8) is 0 Å². The minimum Gasteiger partial charge on any atom is -0.493 e. The Morgan fingerprint density at radius 2 is 1.90 bits per heavy atom. The standard InChI is InChI=1S/C24H30FNO4/c1-3-4-18-5-10-22(23(15-18)28-2)30-17-21(27)16-26-24(11-13-29-14-12-24)19-6-8-20(25)9-7-19/h3-10,15,21,26-27H,11-14,16-17H2,1-2H3/b4-3+. The molecule has 162 valence electrons. The van der Waals surface area contributed by atoms with Crippen LogP contribution in [0.2, 0.25) is 0 Å². The predicted molar refractivity (Wildman–Crippen MR) is 115 cm³/mol. The molecule has 0 bridgehead atoms. The van der Waals surface area contributed by atoms with Crippen LogP contribution in [0.25, 0.3) is 6.08 Å². The van der Waals surface area contributed by atoms with Gasteiger partial charge >= 0.3 is 0 Å². The van der Waals surface area contributed by atoms with Gasteiger partial charge in [-0.1, -0.05) is 30.4 Å². The molecule has 2 aromatic rings. The van der Waals surface area contributed by atoms with Gasteiger partial charge in [-0.25, -0.2) is 4.39 Å². The van der Waals surface area contributed by atoms with Crippen LogP contribution in [-0.4, -0.2) is 44.7 Å². The first-order valence-corrected chi connectivity index (χ1v) is 10.3. The predicted octanol–water partition coefficient (Wildman–Crippen LogP) is 3.90. The van der Waals surface area contributed by atoms with Crippen LogP contribution in [0.5, 0.6) is 11.5 Å². The lowest BCUT2D eigenvalue weighted by atomic mass is 9.82. The van der Waals surface area contributed by atoms with E-state index in [0.717, 1.165) is 24.0 Å². The molecule has 0 aliphatic carbocycles. The summed E-state index contributed by atoms with van der Waals surface area (Å²) in [6.07, 6.45) is 4.73. The van der Waals surface area contributed by atoms with E-state index in [1.54, 1.807) is 19.2 Å². The van der Waals surface area contributed by atoms with Gasteiger partial charge in [0.2, 0.25) is 0 Å². The molecular formula is C24H30FNO4. The van der Waals surface area contributed by atoms with E-state index < -0.39 is 6.10 Å². The molecule has 1 saturated heterocycles. The van der Waals surface area contributed by atoms with Crippen molar-refractivity contribution in [2.75, 3.05) is 33.5 Å². The summed E-state index contributed by atoms with van der Waals surface area (Å²) in [5, 5.41) is 14.0. The molecule has 0 saturated carbocycles. The molecule has 1 unspecified atom stereocenters. The maximum absolute atomic E-state index is 13.4. The maximum Gasteiger partial charge on any atom is 0.161 e. The molecule has 2 aromatic carbocycles. The van der Waals surface area contributed by atoms with Crippen molar-refractivity contribution < 1.29 is 23.7 Å². The third-order valence-electron chi connectivity index (χ3n) is 5.40. The van der Waals surface area contributed by atoms with Gasteiger partial charge in [0.25, 0.3) is 0 Å². The van der Waals surface area contributed by atoms with Crippen LogP contribution in [0.1, 0.15) is 30.9 Å². The monoisotopic (exact) mass is 415 g/mol. The minimum absolute atomic E-state index is 0.127. The second kappa shape index (κ2) is 10.6. The molecule has 5 nitrogen and oxygen atoms in total. The fourth-order valence-electron chi connectivity index (χ4n) is 3.71. The molecule has 1 aliphatic rings. The zero-order chi connectivity index (χ0) is 21.4. The van der Waals surface area contributed by atoms with Crippen molar-refractivity contribution in [1.29, 1.82) is 0 Å². The Labute approximate surface area is 177 Å². The number of aliphatic hydroxyl groups is 1. The lowest BCUT2D eigenvalue weighted by Gasteiger charge is -2.39. The number of allylic oxidation sites excluding steroid dienone is 1. The van der Waals surface area contributed by atoms with E-state index in [4.69, 9.17) is 14.2 Å². The summed E-state index contributed by atoms with van der Waals surface area (Å²) in [5.74, 6) is 0.950. The Bertz CT molecular complexity index is 832. The molecule has 1 aliphatic heterocycles. The number of ether oxygens (including phenoxy) is 3. The van der Waals surface area contributed by atoms with Crippen LogP contribution in [0.4, 0.5) is 4.39 Å². The summed E-state index contributed by atoms with van der Waals surface area (Å²) in [7, 11) is 1.59. The summed E-state index contributed by atoms with van der Waals surface area (Å²) >= 11 is 0. The molecule has 0 radical (unpaired) electrons. The van der Waals surface area contributed by atoms with E-state index in [0.29, 0.717) is 31.3 Å². The fraction of sp³-hybridized carbons (Fsp3) is 0.417. The molecule has 30 heavy (non-hydrogen) atoms. The summed E-state index contributed by atoms with van der Waals surface area (Å²) in [5.41, 5.74) is 1.67. The van der Waals surface area contributed by atoms with E-state index in [2.05, 4.69) is 5.32 Å². The molecule has 1 atom stereocenters. The molecule has 1 fully saturated rings. The van der Waals surface area contributed by atoms with Crippen molar-refractivity contribution in [2.45, 2.75) is 31.4 Å². The molecule has 3 rings (SSSR count). The minimum atomic E-state index is -0.718. The van der Waals surface area contributed by atoms with Gasteiger partial charge in [-0.05, 0) is 55.2 Å². The van der Waals surface area contributed by atoms with Gasteiger partial charge in [-0.15, -0.1) is 0 Å². The lowest BCUT2D eigenvalue weighted by Crippen LogP contribution is -2.50. The molecule has 0 aromatic heterocycles. The number of rotatable bonds is 9. The number of benzene rings is 2. The number of hydrogen-bond donors (Lipinski definition) is 2. The van der Waals surface area contributed by atoms with Crippen LogP contribution in [0.15, 0.2) is 48.5 Å². The molecule has 2 N–H and O–H groups in total. The number of nitrogens with one attached hydrogen (secondary N) is 1. The Hall–Kier alpha value is -2.41. The van der Waals surface area contributed by atoms with E-state index in [1.807, 2.05) is 37.3 Å². The lowest BCUT2D eigenvalue weighted by molar-refractivity contribution is 0.0256. The van der Waals surface area contributed by atoms with Crippen LogP contribution in [-0.2, 0) is 10.3 Å². The molecule has 0 spiro atoms. The highest BCUT2D eigenvalue weighted by Gasteiger charge is 2.34. The van der Waals surface area contributed by atoms with Crippen molar-refractivity contribution in [2.24, 2.45) is 0 Å². The molecule has 0 amide bonds. The third kappa shape index (κ3) is 5.59. The smallest absolute Gasteiger partial charge is 0.161 e. The highest BCUT2D eigenvalue weighted by molar-refractivity contribution is 5.55. The topological polar surface area (TPSA) is 60.0 Å². The second-order valence-electron chi connectivity index (χ2n) is 7.46. The summed E-state index contributed by atoms with van der Waals surface area (Å²) in [6.45, 7) is 3.66. The van der Waals surface area contributed by atoms with Gasteiger partial charge in [0.05, 0.1) is 7.11 Å². The molecule has 6 heteroatoms. The molecular weight excluding hydrogens is 385 g/mol. The number of halogens is 1. The van der Waals surface area contributed by atoms with Gasteiger partial charge < -0.3 is 24.6 Å². The van der Waals surface area contributed by atoms with Crippen molar-refractivity contribution in [1.82, 2.24) is 5.32 Å². The van der Waals surface area contributed by atoms with Crippen LogP contribution in [0.3, 0.4) is 0 Å². The van der Waals surface area contributed by atoms with E-state index in [9.17, 15) is 9.50 Å². The Morgan fingerprint density at radius 1 is 1.17 bits per heavy atom. The number of aliphatic hydroxyl groups excluding tert-OH is 1. The first kappa shape index (κ1) is 22.3. The zero-order valence-corrected chi connectivity index (χ0v) is 17.6. The van der Waals surface area contributed by atoms with Gasteiger partial charge in [0.15, 0.2) is 11.5 Å². The highest BCUT2D eigenvalue weighted by atomic mass is 19.1. The van der Waals surface area contributed by atoms with E-state index >= 15 is 0 Å². The zero-order valence-electron chi connectivity index (χ0n) is 17.6. The van der Waals surface area contributed by atoms with Crippen LogP contribution < -0.4 is 14.8 Å². The van der Waals surface area contributed by atoms with Gasteiger partial charge in [-0.2, -0.15) is 0 Å². The largest absolute Gasteiger partial charge is 0.493 e.